The maximum absolute atomic E-state index is 12.1. The summed E-state index contributed by atoms with van der Waals surface area (Å²) in [6.07, 6.45) is 0. The van der Waals surface area contributed by atoms with Gasteiger partial charge in [-0.3, -0.25) is 0 Å². The monoisotopic (exact) mass is 314 g/mol. The van der Waals surface area contributed by atoms with Gasteiger partial charge in [-0.25, -0.2) is 4.79 Å². The summed E-state index contributed by atoms with van der Waals surface area (Å²) in [5, 5.41) is 18.3. The van der Waals surface area contributed by atoms with Gasteiger partial charge in [0.25, 0.3) is 0 Å². The standard InChI is InChI=1S/C10H9F3O6S/c1-9(16,8(14)15)6-2-4-7(5-3-6)19-20(17,18)10(11,12)13/h2-5,16H,1H3,(H,14,15). The molecule has 6 nitrogen and oxygen atoms in total. The van der Waals surface area contributed by atoms with Crippen LogP contribution >= 0.6 is 0 Å². The van der Waals surface area contributed by atoms with Crippen LogP contribution in [0, 0.1) is 0 Å². The molecule has 20 heavy (non-hydrogen) atoms. The van der Waals surface area contributed by atoms with Gasteiger partial charge in [0.2, 0.25) is 0 Å². The summed E-state index contributed by atoms with van der Waals surface area (Å²) in [6.45, 7) is 0.956. The van der Waals surface area contributed by atoms with Crippen molar-refractivity contribution in [2.24, 2.45) is 0 Å². The summed E-state index contributed by atoms with van der Waals surface area (Å²) in [4.78, 5) is 10.7. The molecule has 1 rings (SSSR count). The molecule has 1 aromatic rings. The Morgan fingerprint density at radius 3 is 2.00 bits per heavy atom. The van der Waals surface area contributed by atoms with Crippen LogP contribution in [0.25, 0.3) is 0 Å². The molecule has 0 spiro atoms. The van der Waals surface area contributed by atoms with Crippen LogP contribution in [0.2, 0.25) is 0 Å². The Labute approximate surface area is 111 Å². The molecule has 0 heterocycles. The summed E-state index contributed by atoms with van der Waals surface area (Å²) >= 11 is 0. The maximum atomic E-state index is 12.1. The molecule has 0 radical (unpaired) electrons. The summed E-state index contributed by atoms with van der Waals surface area (Å²) < 4.78 is 61.4. The molecule has 0 saturated heterocycles. The number of benzene rings is 1. The number of rotatable bonds is 4. The molecule has 112 valence electrons. The highest BCUT2D eigenvalue weighted by molar-refractivity contribution is 7.87. The topological polar surface area (TPSA) is 101 Å². The molecule has 0 saturated carbocycles. The number of carboxylic acid groups (broad SMARTS) is 1. The van der Waals surface area contributed by atoms with E-state index in [9.17, 15) is 31.5 Å². The molecular weight excluding hydrogens is 305 g/mol. The average molecular weight is 314 g/mol. The summed E-state index contributed by atoms with van der Waals surface area (Å²) in [7, 11) is -5.79. The number of carbonyl (C=O) groups is 1. The van der Waals surface area contributed by atoms with Gasteiger partial charge in [0.05, 0.1) is 0 Å². The number of hydrogen-bond donors (Lipinski definition) is 2. The average Bonchev–Trinajstić information content (AvgIpc) is 2.27. The second-order valence-electron chi connectivity index (χ2n) is 3.88. The minimum atomic E-state index is -5.79. The van der Waals surface area contributed by atoms with E-state index in [1.165, 1.54) is 0 Å². The molecule has 0 aliphatic heterocycles. The maximum Gasteiger partial charge on any atom is 0.534 e. The summed E-state index contributed by atoms with van der Waals surface area (Å²) in [5.74, 6) is -2.23. The molecule has 0 bridgehead atoms. The van der Waals surface area contributed by atoms with E-state index in [4.69, 9.17) is 5.11 Å². The van der Waals surface area contributed by atoms with Gasteiger partial charge >= 0.3 is 21.6 Å². The lowest BCUT2D eigenvalue weighted by molar-refractivity contribution is -0.157. The molecule has 1 atom stereocenters. The smallest absolute Gasteiger partial charge is 0.479 e. The van der Waals surface area contributed by atoms with E-state index in [1.54, 1.807) is 0 Å². The number of alkyl halides is 3. The third-order valence-electron chi connectivity index (χ3n) is 2.32. The highest BCUT2D eigenvalue weighted by atomic mass is 32.2. The number of carboxylic acids is 1. The van der Waals surface area contributed by atoms with Crippen LogP contribution in [0.1, 0.15) is 12.5 Å². The first-order valence-electron chi connectivity index (χ1n) is 4.95. The van der Waals surface area contributed by atoms with Crippen LogP contribution < -0.4 is 4.18 Å². The van der Waals surface area contributed by atoms with Gasteiger partial charge in [-0.2, -0.15) is 21.6 Å². The van der Waals surface area contributed by atoms with Gasteiger partial charge in [-0.1, -0.05) is 12.1 Å². The Bertz CT molecular complexity index is 603. The van der Waals surface area contributed by atoms with E-state index in [2.05, 4.69) is 4.18 Å². The fraction of sp³-hybridized carbons (Fsp3) is 0.300. The van der Waals surface area contributed by atoms with E-state index in [0.717, 1.165) is 31.2 Å². The lowest BCUT2D eigenvalue weighted by atomic mass is 9.96. The van der Waals surface area contributed by atoms with Crippen molar-refractivity contribution >= 4 is 16.1 Å². The van der Waals surface area contributed by atoms with E-state index in [-0.39, 0.29) is 5.56 Å². The molecule has 0 aliphatic carbocycles. The van der Waals surface area contributed by atoms with Crippen molar-refractivity contribution < 1.29 is 40.8 Å². The zero-order valence-electron chi connectivity index (χ0n) is 9.88. The molecule has 0 amide bonds. The van der Waals surface area contributed by atoms with E-state index in [0.29, 0.717) is 0 Å². The van der Waals surface area contributed by atoms with Crippen LogP contribution in [0.5, 0.6) is 5.75 Å². The second-order valence-corrected chi connectivity index (χ2v) is 5.42. The Morgan fingerprint density at radius 1 is 1.20 bits per heavy atom. The van der Waals surface area contributed by atoms with E-state index < -0.39 is 32.9 Å². The first-order valence-corrected chi connectivity index (χ1v) is 6.36. The number of hydrogen-bond acceptors (Lipinski definition) is 5. The van der Waals surface area contributed by atoms with Gasteiger partial charge in [0, 0.05) is 0 Å². The van der Waals surface area contributed by atoms with Crippen LogP contribution in [0.15, 0.2) is 24.3 Å². The van der Waals surface area contributed by atoms with Gasteiger partial charge in [-0.15, -0.1) is 0 Å². The van der Waals surface area contributed by atoms with Crippen molar-refractivity contribution in [3.05, 3.63) is 29.8 Å². The van der Waals surface area contributed by atoms with Crippen LogP contribution in [0.4, 0.5) is 13.2 Å². The largest absolute Gasteiger partial charge is 0.534 e. The second kappa shape index (κ2) is 4.94. The predicted octanol–water partition coefficient (Wildman–Crippen LogP) is 1.21. The van der Waals surface area contributed by atoms with Crippen LogP contribution in [-0.2, 0) is 20.5 Å². The van der Waals surface area contributed by atoms with Crippen LogP contribution in [-0.4, -0.2) is 30.1 Å². The van der Waals surface area contributed by atoms with Crippen molar-refractivity contribution in [2.75, 3.05) is 0 Å². The SMILES string of the molecule is CC(O)(C(=O)O)c1ccc(OS(=O)(=O)C(F)(F)F)cc1. The van der Waals surface area contributed by atoms with Crippen molar-refractivity contribution in [3.63, 3.8) is 0 Å². The first kappa shape index (κ1) is 16.2. The molecular formula is C10H9F3O6S. The lowest BCUT2D eigenvalue weighted by Crippen LogP contribution is -2.31. The highest BCUT2D eigenvalue weighted by Crippen LogP contribution is 2.28. The summed E-state index contributed by atoms with van der Waals surface area (Å²) in [5.41, 5.74) is -7.98. The zero-order chi connectivity index (χ0) is 15.8. The zero-order valence-corrected chi connectivity index (χ0v) is 10.7. The van der Waals surface area contributed by atoms with Crippen molar-refractivity contribution in [1.29, 1.82) is 0 Å². The van der Waals surface area contributed by atoms with Crippen molar-refractivity contribution in [1.82, 2.24) is 0 Å². The van der Waals surface area contributed by atoms with Gasteiger partial charge in [-0.05, 0) is 24.6 Å². The minimum Gasteiger partial charge on any atom is -0.479 e. The van der Waals surface area contributed by atoms with E-state index in [1.807, 2.05) is 0 Å². The lowest BCUT2D eigenvalue weighted by Gasteiger charge is -2.18. The number of halogens is 3. The third kappa shape index (κ3) is 3.20. The molecule has 0 aromatic heterocycles. The first-order chi connectivity index (χ1) is 8.88. The quantitative estimate of drug-likeness (QED) is 0.640. The van der Waals surface area contributed by atoms with Crippen LogP contribution in [0.3, 0.4) is 0 Å². The van der Waals surface area contributed by atoms with E-state index >= 15 is 0 Å². The fourth-order valence-corrected chi connectivity index (χ4v) is 1.59. The van der Waals surface area contributed by atoms with Crippen molar-refractivity contribution in [2.45, 2.75) is 18.0 Å². The molecule has 10 heteroatoms. The Kier molecular flexibility index (Phi) is 4.02. The molecule has 2 N–H and O–H groups in total. The van der Waals surface area contributed by atoms with Gasteiger partial charge < -0.3 is 14.4 Å². The number of aliphatic carboxylic acids is 1. The van der Waals surface area contributed by atoms with Gasteiger partial charge in [0.15, 0.2) is 5.60 Å². The molecule has 0 fully saturated rings. The van der Waals surface area contributed by atoms with Crippen molar-refractivity contribution in [3.8, 4) is 5.75 Å². The fourth-order valence-electron chi connectivity index (χ4n) is 1.13. The molecule has 1 aromatic carbocycles. The third-order valence-corrected chi connectivity index (χ3v) is 3.30. The predicted molar refractivity (Wildman–Crippen MR) is 59.3 cm³/mol. The number of aliphatic hydroxyl groups is 1. The normalized spacial score (nSPS) is 15.4. The summed E-state index contributed by atoms with van der Waals surface area (Å²) in [6, 6.07) is 3.48. The van der Waals surface area contributed by atoms with Gasteiger partial charge in [0.1, 0.15) is 5.75 Å². The Hall–Kier alpha value is -1.81. The Balaban J connectivity index is 3.03. The molecule has 0 aliphatic rings. The highest BCUT2D eigenvalue weighted by Gasteiger charge is 2.48. The Morgan fingerprint density at radius 2 is 1.65 bits per heavy atom. The molecule has 1 unspecified atom stereocenters. The minimum absolute atomic E-state index is 0.151.